The first-order valence-electron chi connectivity index (χ1n) is 7.28. The van der Waals surface area contributed by atoms with Gasteiger partial charge in [-0.05, 0) is 63.3 Å². The molecule has 0 radical (unpaired) electrons. The number of benzene rings is 1. The summed E-state index contributed by atoms with van der Waals surface area (Å²) in [5, 5.41) is 3.45. The predicted molar refractivity (Wildman–Crippen MR) is 84.1 cm³/mol. The minimum absolute atomic E-state index is 0.146. The van der Waals surface area contributed by atoms with Gasteiger partial charge < -0.3 is 5.32 Å². The lowest BCUT2D eigenvalue weighted by atomic mass is 9.99. The number of hydrogen-bond acceptors (Lipinski definition) is 2. The molecule has 0 fully saturated rings. The summed E-state index contributed by atoms with van der Waals surface area (Å²) in [5.74, 6) is -0.146. The third-order valence-corrected chi connectivity index (χ3v) is 5.50. The Morgan fingerprint density at radius 2 is 2.05 bits per heavy atom. The maximum absolute atomic E-state index is 13.6. The molecular weight excluding hydrogens is 269 g/mol. The fraction of sp³-hybridized carbons (Fsp3) is 0.412. The molecule has 0 saturated heterocycles. The average Bonchev–Trinajstić information content (AvgIpc) is 2.88. The van der Waals surface area contributed by atoms with Crippen LogP contribution in [0.1, 0.15) is 46.7 Å². The zero-order valence-corrected chi connectivity index (χ0v) is 12.8. The van der Waals surface area contributed by atoms with Gasteiger partial charge in [-0.15, -0.1) is 11.3 Å². The standard InChI is InChI=1S/C17H20FNS/c1-11-14(18)7-5-8-15(11)19-12(2)17-10-13-6-3-4-9-16(13)20-17/h5,7-8,10,12,19H,3-4,6,9H2,1-2H3. The second-order valence-corrected chi connectivity index (χ2v) is 6.75. The van der Waals surface area contributed by atoms with E-state index < -0.39 is 0 Å². The molecule has 1 atom stereocenters. The molecule has 1 N–H and O–H groups in total. The SMILES string of the molecule is Cc1c(F)cccc1NC(C)c1cc2c(s1)CCCC2. The van der Waals surface area contributed by atoms with Gasteiger partial charge in [-0.1, -0.05) is 6.07 Å². The van der Waals surface area contributed by atoms with Gasteiger partial charge in [0.05, 0.1) is 6.04 Å². The van der Waals surface area contributed by atoms with E-state index in [2.05, 4.69) is 18.3 Å². The van der Waals surface area contributed by atoms with Crippen molar-refractivity contribution in [2.24, 2.45) is 0 Å². The molecule has 2 aromatic rings. The highest BCUT2D eigenvalue weighted by molar-refractivity contribution is 7.12. The van der Waals surface area contributed by atoms with Crippen LogP contribution in [0.15, 0.2) is 24.3 Å². The van der Waals surface area contributed by atoms with Crippen LogP contribution < -0.4 is 5.32 Å². The Kier molecular flexibility index (Phi) is 3.79. The summed E-state index contributed by atoms with van der Waals surface area (Å²) in [6, 6.07) is 7.78. The first-order valence-corrected chi connectivity index (χ1v) is 8.10. The lowest BCUT2D eigenvalue weighted by Gasteiger charge is -2.16. The highest BCUT2D eigenvalue weighted by Crippen LogP contribution is 2.34. The van der Waals surface area contributed by atoms with Gasteiger partial charge >= 0.3 is 0 Å². The summed E-state index contributed by atoms with van der Waals surface area (Å²) < 4.78 is 13.6. The van der Waals surface area contributed by atoms with Gasteiger partial charge in [0, 0.05) is 21.0 Å². The highest BCUT2D eigenvalue weighted by Gasteiger charge is 2.17. The van der Waals surface area contributed by atoms with Crippen LogP contribution in [-0.4, -0.2) is 0 Å². The van der Waals surface area contributed by atoms with Crippen LogP contribution in [0.5, 0.6) is 0 Å². The Labute approximate surface area is 123 Å². The number of thiophene rings is 1. The lowest BCUT2D eigenvalue weighted by Crippen LogP contribution is -2.06. The summed E-state index contributed by atoms with van der Waals surface area (Å²) in [6.07, 6.45) is 5.08. The number of rotatable bonds is 3. The van der Waals surface area contributed by atoms with Crippen LogP contribution in [0, 0.1) is 12.7 Å². The van der Waals surface area contributed by atoms with Crippen molar-refractivity contribution in [3.63, 3.8) is 0 Å². The number of hydrogen-bond donors (Lipinski definition) is 1. The molecule has 106 valence electrons. The van der Waals surface area contributed by atoms with Gasteiger partial charge in [-0.3, -0.25) is 0 Å². The summed E-state index contributed by atoms with van der Waals surface area (Å²) in [5.41, 5.74) is 3.12. The van der Waals surface area contributed by atoms with Crippen LogP contribution in [0.25, 0.3) is 0 Å². The third-order valence-electron chi connectivity index (χ3n) is 4.08. The van der Waals surface area contributed by atoms with Crippen LogP contribution in [0.4, 0.5) is 10.1 Å². The quantitative estimate of drug-likeness (QED) is 0.814. The van der Waals surface area contributed by atoms with Crippen LogP contribution in [-0.2, 0) is 12.8 Å². The second kappa shape index (κ2) is 5.57. The van der Waals surface area contributed by atoms with Gasteiger partial charge in [-0.25, -0.2) is 4.39 Å². The Morgan fingerprint density at radius 3 is 2.85 bits per heavy atom. The van der Waals surface area contributed by atoms with E-state index in [1.165, 1.54) is 42.2 Å². The van der Waals surface area contributed by atoms with Crippen LogP contribution in [0.3, 0.4) is 0 Å². The normalized spacial score (nSPS) is 15.8. The van der Waals surface area contributed by atoms with E-state index in [-0.39, 0.29) is 11.9 Å². The molecule has 0 saturated carbocycles. The number of nitrogens with one attached hydrogen (secondary N) is 1. The zero-order chi connectivity index (χ0) is 14.1. The van der Waals surface area contributed by atoms with Crippen molar-refractivity contribution >= 4 is 17.0 Å². The molecule has 3 rings (SSSR count). The Balaban J connectivity index is 1.80. The molecule has 0 bridgehead atoms. The van der Waals surface area contributed by atoms with Crippen molar-refractivity contribution in [2.45, 2.75) is 45.6 Å². The van der Waals surface area contributed by atoms with Gasteiger partial charge in [0.2, 0.25) is 0 Å². The fourth-order valence-electron chi connectivity index (χ4n) is 2.80. The summed E-state index contributed by atoms with van der Waals surface area (Å²) >= 11 is 1.92. The molecule has 1 aliphatic carbocycles. The van der Waals surface area contributed by atoms with E-state index in [4.69, 9.17) is 0 Å². The minimum Gasteiger partial charge on any atom is -0.377 e. The monoisotopic (exact) mass is 289 g/mol. The molecule has 0 aliphatic heterocycles. The van der Waals surface area contributed by atoms with Crippen molar-refractivity contribution in [1.29, 1.82) is 0 Å². The molecule has 1 heterocycles. The van der Waals surface area contributed by atoms with Gasteiger partial charge in [0.25, 0.3) is 0 Å². The molecule has 20 heavy (non-hydrogen) atoms. The van der Waals surface area contributed by atoms with E-state index >= 15 is 0 Å². The zero-order valence-electron chi connectivity index (χ0n) is 12.0. The number of fused-ring (bicyclic) bond motifs is 1. The molecule has 1 nitrogen and oxygen atoms in total. The number of halogens is 1. The molecule has 1 aliphatic rings. The molecule has 3 heteroatoms. The third kappa shape index (κ3) is 2.59. The van der Waals surface area contributed by atoms with Crippen LogP contribution >= 0.6 is 11.3 Å². The number of aryl methyl sites for hydroxylation is 2. The molecule has 1 unspecified atom stereocenters. The van der Waals surface area contributed by atoms with Crippen molar-refractivity contribution in [3.8, 4) is 0 Å². The Bertz CT molecular complexity index is 594. The van der Waals surface area contributed by atoms with E-state index in [0.29, 0.717) is 5.56 Å². The molecule has 1 aromatic carbocycles. The van der Waals surface area contributed by atoms with Gasteiger partial charge in [-0.2, -0.15) is 0 Å². The Morgan fingerprint density at radius 1 is 1.25 bits per heavy atom. The van der Waals surface area contributed by atoms with Crippen molar-refractivity contribution < 1.29 is 4.39 Å². The molecule has 0 spiro atoms. The molecule has 0 amide bonds. The minimum atomic E-state index is -0.146. The lowest BCUT2D eigenvalue weighted by molar-refractivity contribution is 0.618. The fourth-order valence-corrected chi connectivity index (χ4v) is 4.06. The van der Waals surface area contributed by atoms with E-state index in [1.54, 1.807) is 10.9 Å². The van der Waals surface area contributed by atoms with Crippen LogP contribution in [0.2, 0.25) is 0 Å². The summed E-state index contributed by atoms with van der Waals surface area (Å²) in [4.78, 5) is 2.91. The summed E-state index contributed by atoms with van der Waals surface area (Å²) in [7, 11) is 0. The van der Waals surface area contributed by atoms with Crippen molar-refractivity contribution in [3.05, 3.63) is 51.0 Å². The largest absolute Gasteiger partial charge is 0.377 e. The highest BCUT2D eigenvalue weighted by atomic mass is 32.1. The topological polar surface area (TPSA) is 12.0 Å². The van der Waals surface area contributed by atoms with E-state index in [0.717, 1.165) is 5.69 Å². The Hall–Kier alpha value is -1.35. The van der Waals surface area contributed by atoms with E-state index in [9.17, 15) is 4.39 Å². The number of anilines is 1. The summed E-state index contributed by atoms with van der Waals surface area (Å²) in [6.45, 7) is 3.98. The van der Waals surface area contributed by atoms with Gasteiger partial charge in [0.15, 0.2) is 0 Å². The maximum Gasteiger partial charge on any atom is 0.128 e. The van der Waals surface area contributed by atoms with Crippen molar-refractivity contribution in [1.82, 2.24) is 0 Å². The smallest absolute Gasteiger partial charge is 0.128 e. The second-order valence-electron chi connectivity index (χ2n) is 5.58. The maximum atomic E-state index is 13.6. The van der Waals surface area contributed by atoms with E-state index in [1.807, 2.05) is 24.3 Å². The molecule has 1 aromatic heterocycles. The average molecular weight is 289 g/mol. The van der Waals surface area contributed by atoms with Gasteiger partial charge in [0.1, 0.15) is 5.82 Å². The first-order chi connectivity index (χ1) is 9.65. The first kappa shape index (κ1) is 13.6. The molecular formula is C17H20FNS. The predicted octanol–water partition coefficient (Wildman–Crippen LogP) is 5.25. The van der Waals surface area contributed by atoms with Crippen molar-refractivity contribution in [2.75, 3.05) is 5.32 Å².